The van der Waals surface area contributed by atoms with Crippen LogP contribution in [-0.2, 0) is 0 Å². The average Bonchev–Trinajstić information content (AvgIpc) is 2.45. The Kier molecular flexibility index (Phi) is 4.30. The fraction of sp³-hybridized carbons (Fsp3) is 0.133. The van der Waals surface area contributed by atoms with Crippen molar-refractivity contribution in [3.63, 3.8) is 0 Å². The minimum atomic E-state index is -2.62. The maximum atomic E-state index is 12.3. The normalized spacial score (nSPS) is 10.6. The largest absolute Gasteiger partial charge is 0.487 e. The molecule has 0 aromatic heterocycles. The predicted octanol–water partition coefficient (Wildman–Crippen LogP) is 3.70. The molecular formula is C15H12F2O3. The van der Waals surface area contributed by atoms with Crippen LogP contribution in [0.4, 0.5) is 8.78 Å². The third-order valence-corrected chi connectivity index (χ3v) is 2.68. The number of carboxylic acids is 1. The van der Waals surface area contributed by atoms with Crippen molar-refractivity contribution in [2.75, 3.05) is 6.61 Å². The highest BCUT2D eigenvalue weighted by molar-refractivity contribution is 5.89. The van der Waals surface area contributed by atoms with Gasteiger partial charge in [0.2, 0.25) is 0 Å². The predicted molar refractivity (Wildman–Crippen MR) is 70.3 cm³/mol. The molecule has 20 heavy (non-hydrogen) atoms. The molecule has 0 atom stereocenters. The Morgan fingerprint density at radius 3 is 2.45 bits per heavy atom. The Labute approximate surface area is 114 Å². The van der Waals surface area contributed by atoms with Crippen molar-refractivity contribution in [1.82, 2.24) is 0 Å². The van der Waals surface area contributed by atoms with Crippen molar-refractivity contribution in [2.45, 2.75) is 6.43 Å². The highest BCUT2D eigenvalue weighted by Crippen LogP contribution is 2.31. The zero-order valence-corrected chi connectivity index (χ0v) is 10.4. The fourth-order valence-electron chi connectivity index (χ4n) is 1.78. The second kappa shape index (κ2) is 6.14. The zero-order chi connectivity index (χ0) is 14.5. The van der Waals surface area contributed by atoms with Crippen LogP contribution in [0.3, 0.4) is 0 Å². The lowest BCUT2D eigenvalue weighted by atomic mass is 10.0. The molecule has 5 heteroatoms. The maximum absolute atomic E-state index is 12.3. The molecule has 0 spiro atoms. The Balaban J connectivity index is 2.42. The van der Waals surface area contributed by atoms with E-state index in [4.69, 9.17) is 9.84 Å². The third-order valence-electron chi connectivity index (χ3n) is 2.68. The summed E-state index contributed by atoms with van der Waals surface area (Å²) in [6.07, 6.45) is -2.62. The van der Waals surface area contributed by atoms with E-state index in [0.29, 0.717) is 5.56 Å². The number of rotatable bonds is 5. The lowest BCUT2D eigenvalue weighted by Crippen LogP contribution is -2.08. The molecular weight excluding hydrogens is 266 g/mol. The van der Waals surface area contributed by atoms with E-state index in [2.05, 4.69) is 0 Å². The monoisotopic (exact) mass is 278 g/mol. The number of ether oxygens (including phenoxy) is 1. The van der Waals surface area contributed by atoms with Gasteiger partial charge in [-0.3, -0.25) is 0 Å². The molecule has 0 aliphatic carbocycles. The minimum absolute atomic E-state index is 0.00560. The molecule has 2 rings (SSSR count). The molecule has 3 nitrogen and oxygen atoms in total. The molecule has 0 unspecified atom stereocenters. The summed E-state index contributed by atoms with van der Waals surface area (Å²) in [7, 11) is 0. The molecule has 0 heterocycles. The molecule has 0 amide bonds. The first kappa shape index (κ1) is 14.0. The van der Waals surface area contributed by atoms with E-state index < -0.39 is 19.0 Å². The number of hydrogen-bond acceptors (Lipinski definition) is 2. The molecule has 0 saturated carbocycles. The SMILES string of the molecule is O=C(O)c1ccc(-c2ccccc2)c(OCC(F)F)c1. The molecule has 0 aliphatic rings. The summed E-state index contributed by atoms with van der Waals surface area (Å²) >= 11 is 0. The van der Waals surface area contributed by atoms with Crippen LogP contribution in [0.15, 0.2) is 48.5 Å². The van der Waals surface area contributed by atoms with Gasteiger partial charge in [0.05, 0.1) is 5.56 Å². The number of benzene rings is 2. The van der Waals surface area contributed by atoms with Crippen LogP contribution in [0, 0.1) is 0 Å². The van der Waals surface area contributed by atoms with Gasteiger partial charge in [-0.1, -0.05) is 30.3 Å². The van der Waals surface area contributed by atoms with E-state index in [9.17, 15) is 13.6 Å². The van der Waals surface area contributed by atoms with Gasteiger partial charge in [-0.2, -0.15) is 0 Å². The topological polar surface area (TPSA) is 46.5 Å². The zero-order valence-electron chi connectivity index (χ0n) is 10.4. The Morgan fingerprint density at radius 1 is 1.15 bits per heavy atom. The molecule has 0 radical (unpaired) electrons. The van der Waals surface area contributed by atoms with Crippen LogP contribution in [-0.4, -0.2) is 24.1 Å². The van der Waals surface area contributed by atoms with Crippen molar-refractivity contribution < 1.29 is 23.4 Å². The van der Waals surface area contributed by atoms with Gasteiger partial charge in [0.1, 0.15) is 12.4 Å². The number of aromatic carboxylic acids is 1. The Hall–Kier alpha value is -2.43. The number of carboxylic acid groups (broad SMARTS) is 1. The van der Waals surface area contributed by atoms with Crippen molar-refractivity contribution in [3.05, 3.63) is 54.1 Å². The smallest absolute Gasteiger partial charge is 0.335 e. The van der Waals surface area contributed by atoms with Crippen LogP contribution < -0.4 is 4.74 Å². The van der Waals surface area contributed by atoms with Crippen molar-refractivity contribution in [2.24, 2.45) is 0 Å². The first-order valence-electron chi connectivity index (χ1n) is 5.91. The molecule has 0 saturated heterocycles. The first-order valence-corrected chi connectivity index (χ1v) is 5.91. The van der Waals surface area contributed by atoms with Crippen LogP contribution in [0.25, 0.3) is 11.1 Å². The number of halogens is 2. The highest BCUT2D eigenvalue weighted by Gasteiger charge is 2.13. The minimum Gasteiger partial charge on any atom is -0.487 e. The second-order valence-corrected chi connectivity index (χ2v) is 4.08. The van der Waals surface area contributed by atoms with Crippen molar-refractivity contribution in [3.8, 4) is 16.9 Å². The quantitative estimate of drug-likeness (QED) is 0.907. The van der Waals surface area contributed by atoms with E-state index in [1.807, 2.05) is 6.07 Å². The van der Waals surface area contributed by atoms with E-state index >= 15 is 0 Å². The summed E-state index contributed by atoms with van der Waals surface area (Å²) in [5.74, 6) is -0.997. The van der Waals surface area contributed by atoms with Gasteiger partial charge in [-0.05, 0) is 23.8 Å². The summed E-state index contributed by atoms with van der Waals surface area (Å²) in [4.78, 5) is 10.9. The van der Waals surface area contributed by atoms with Gasteiger partial charge < -0.3 is 9.84 Å². The van der Waals surface area contributed by atoms with Gasteiger partial charge in [-0.15, -0.1) is 0 Å². The summed E-state index contributed by atoms with van der Waals surface area (Å²) < 4.78 is 29.6. The van der Waals surface area contributed by atoms with Gasteiger partial charge >= 0.3 is 5.97 Å². The summed E-state index contributed by atoms with van der Waals surface area (Å²) in [6, 6.07) is 13.3. The lowest BCUT2D eigenvalue weighted by molar-refractivity contribution is 0.0695. The molecule has 0 bridgehead atoms. The summed E-state index contributed by atoms with van der Waals surface area (Å²) in [6.45, 7) is -0.775. The fourth-order valence-corrected chi connectivity index (χ4v) is 1.78. The highest BCUT2D eigenvalue weighted by atomic mass is 19.3. The molecule has 2 aromatic rings. The van der Waals surface area contributed by atoms with E-state index in [1.165, 1.54) is 12.1 Å². The average molecular weight is 278 g/mol. The number of carbonyl (C=O) groups is 1. The maximum Gasteiger partial charge on any atom is 0.335 e. The number of hydrogen-bond donors (Lipinski definition) is 1. The van der Waals surface area contributed by atoms with E-state index in [0.717, 1.165) is 5.56 Å². The van der Waals surface area contributed by atoms with Crippen molar-refractivity contribution in [1.29, 1.82) is 0 Å². The van der Waals surface area contributed by atoms with E-state index in [1.54, 1.807) is 30.3 Å². The van der Waals surface area contributed by atoms with Crippen molar-refractivity contribution >= 4 is 5.97 Å². The Bertz CT molecular complexity index is 597. The first-order chi connectivity index (χ1) is 9.58. The molecule has 0 fully saturated rings. The summed E-state index contributed by atoms with van der Waals surface area (Å²) in [5.41, 5.74) is 1.35. The van der Waals surface area contributed by atoms with Crippen LogP contribution in [0.2, 0.25) is 0 Å². The lowest BCUT2D eigenvalue weighted by Gasteiger charge is -2.12. The van der Waals surface area contributed by atoms with Crippen LogP contribution in [0.1, 0.15) is 10.4 Å². The van der Waals surface area contributed by atoms with Crippen LogP contribution in [0.5, 0.6) is 5.75 Å². The molecule has 0 aliphatic heterocycles. The Morgan fingerprint density at radius 2 is 1.85 bits per heavy atom. The van der Waals surface area contributed by atoms with Crippen LogP contribution >= 0.6 is 0 Å². The van der Waals surface area contributed by atoms with Gasteiger partial charge in [0.25, 0.3) is 6.43 Å². The third kappa shape index (κ3) is 3.32. The molecule has 2 aromatic carbocycles. The summed E-state index contributed by atoms with van der Waals surface area (Å²) in [5, 5.41) is 8.94. The van der Waals surface area contributed by atoms with Gasteiger partial charge in [-0.25, -0.2) is 13.6 Å². The van der Waals surface area contributed by atoms with Gasteiger partial charge in [0, 0.05) is 5.56 Å². The molecule has 104 valence electrons. The van der Waals surface area contributed by atoms with E-state index in [-0.39, 0.29) is 11.3 Å². The standard InChI is InChI=1S/C15H12F2O3/c16-14(17)9-20-13-8-11(15(18)19)6-7-12(13)10-4-2-1-3-5-10/h1-8,14H,9H2,(H,18,19). The van der Waals surface area contributed by atoms with Gasteiger partial charge in [0.15, 0.2) is 0 Å². The second-order valence-electron chi connectivity index (χ2n) is 4.08. The number of alkyl halides is 2. The molecule has 1 N–H and O–H groups in total.